The van der Waals surface area contributed by atoms with Crippen LogP contribution in [-0.2, 0) is 19.9 Å². The van der Waals surface area contributed by atoms with Crippen molar-refractivity contribution in [1.29, 1.82) is 0 Å². The van der Waals surface area contributed by atoms with Gasteiger partial charge in [0.2, 0.25) is 0 Å². The highest BCUT2D eigenvalue weighted by Gasteiger charge is 2.38. The summed E-state index contributed by atoms with van der Waals surface area (Å²) in [6, 6.07) is 13.1. The minimum Gasteiger partial charge on any atom is -0.399 e. The molecule has 0 radical (unpaired) electrons. The van der Waals surface area contributed by atoms with Gasteiger partial charge < -0.3 is 14.3 Å². The Morgan fingerprint density at radius 1 is 1.18 bits per heavy atom. The van der Waals surface area contributed by atoms with E-state index in [0.29, 0.717) is 19.4 Å². The zero-order valence-corrected chi connectivity index (χ0v) is 17.5. The van der Waals surface area contributed by atoms with Gasteiger partial charge in [0, 0.05) is 29.7 Å². The summed E-state index contributed by atoms with van der Waals surface area (Å²) in [4.78, 5) is 6.69. The summed E-state index contributed by atoms with van der Waals surface area (Å²) in [5.41, 5.74) is 2.16. The van der Waals surface area contributed by atoms with Crippen LogP contribution in [0.2, 0.25) is 0 Å². The Kier molecular flexibility index (Phi) is 6.75. The summed E-state index contributed by atoms with van der Waals surface area (Å²) in [5, 5.41) is 3.94. The third kappa shape index (κ3) is 4.74. The number of hydrogen-bond donors (Lipinski definition) is 0. The number of benzene rings is 2. The van der Waals surface area contributed by atoms with Crippen molar-refractivity contribution in [2.75, 3.05) is 20.8 Å². The number of halogens is 1. The first-order chi connectivity index (χ1) is 13.5. The van der Waals surface area contributed by atoms with Gasteiger partial charge in [0.05, 0.1) is 24.0 Å². The third-order valence-electron chi connectivity index (χ3n) is 5.05. The zero-order valence-electron chi connectivity index (χ0n) is 16.7. The van der Waals surface area contributed by atoms with Gasteiger partial charge in [0.15, 0.2) is 0 Å². The van der Waals surface area contributed by atoms with Crippen LogP contribution in [0.4, 0.5) is 4.39 Å². The standard InChI is InChI=1S/C22H26FNO3S/c1-15-14-22(25-3,9-10-27-15)18-11-19(23)13-21(12-18)28-20-7-5-17(6-8-20)16(2)24-26-4/h5-8,11-13,15H,9-10,14H2,1-4H3/b24-16-/t15-,22+/m0/s1. The van der Waals surface area contributed by atoms with Crippen molar-refractivity contribution in [3.63, 3.8) is 0 Å². The van der Waals surface area contributed by atoms with E-state index in [4.69, 9.17) is 14.3 Å². The van der Waals surface area contributed by atoms with Crippen molar-refractivity contribution in [2.45, 2.75) is 48.2 Å². The lowest BCUT2D eigenvalue weighted by Crippen LogP contribution is -2.39. The first kappa shape index (κ1) is 20.8. The van der Waals surface area contributed by atoms with E-state index in [0.717, 1.165) is 26.6 Å². The first-order valence-electron chi connectivity index (χ1n) is 9.29. The Hall–Kier alpha value is -1.89. The molecule has 28 heavy (non-hydrogen) atoms. The largest absolute Gasteiger partial charge is 0.399 e. The van der Waals surface area contributed by atoms with Crippen molar-refractivity contribution in [3.05, 3.63) is 59.4 Å². The van der Waals surface area contributed by atoms with Crippen LogP contribution >= 0.6 is 11.8 Å². The zero-order chi connectivity index (χ0) is 20.1. The van der Waals surface area contributed by atoms with Crippen molar-refractivity contribution in [2.24, 2.45) is 5.16 Å². The Balaban J connectivity index is 1.85. The molecule has 1 aliphatic rings. The van der Waals surface area contributed by atoms with Gasteiger partial charge >= 0.3 is 0 Å². The highest BCUT2D eigenvalue weighted by Crippen LogP contribution is 2.40. The molecule has 1 saturated heterocycles. The van der Waals surface area contributed by atoms with Crippen molar-refractivity contribution >= 4 is 17.5 Å². The lowest BCUT2D eigenvalue weighted by atomic mass is 9.83. The molecule has 0 spiro atoms. The van der Waals surface area contributed by atoms with Crippen LogP contribution in [0.5, 0.6) is 0 Å². The minimum absolute atomic E-state index is 0.0811. The number of rotatable bonds is 6. The van der Waals surface area contributed by atoms with E-state index in [2.05, 4.69) is 5.16 Å². The van der Waals surface area contributed by atoms with Crippen LogP contribution in [0.1, 0.15) is 37.8 Å². The average molecular weight is 404 g/mol. The molecule has 4 nitrogen and oxygen atoms in total. The quantitative estimate of drug-likeness (QED) is 0.479. The van der Waals surface area contributed by atoms with Crippen LogP contribution in [0.25, 0.3) is 0 Å². The average Bonchev–Trinajstić information content (AvgIpc) is 2.68. The molecule has 0 saturated carbocycles. The summed E-state index contributed by atoms with van der Waals surface area (Å²) in [5.74, 6) is -0.254. The van der Waals surface area contributed by atoms with Crippen LogP contribution in [0.15, 0.2) is 57.4 Å². The maximum absolute atomic E-state index is 14.4. The van der Waals surface area contributed by atoms with Gasteiger partial charge in [-0.3, -0.25) is 0 Å². The maximum atomic E-state index is 14.4. The highest BCUT2D eigenvalue weighted by molar-refractivity contribution is 7.99. The van der Waals surface area contributed by atoms with Gasteiger partial charge in [-0.05, 0) is 55.3 Å². The Morgan fingerprint density at radius 3 is 2.57 bits per heavy atom. The molecule has 0 unspecified atom stereocenters. The number of ether oxygens (including phenoxy) is 2. The fourth-order valence-electron chi connectivity index (χ4n) is 3.59. The van der Waals surface area contributed by atoms with E-state index in [9.17, 15) is 4.39 Å². The minimum atomic E-state index is -0.507. The van der Waals surface area contributed by atoms with E-state index in [-0.39, 0.29) is 11.9 Å². The highest BCUT2D eigenvalue weighted by atomic mass is 32.2. The van der Waals surface area contributed by atoms with E-state index in [1.807, 2.05) is 44.2 Å². The topological polar surface area (TPSA) is 40.0 Å². The predicted octanol–water partition coefficient (Wildman–Crippen LogP) is 5.39. The van der Waals surface area contributed by atoms with E-state index in [1.54, 1.807) is 19.2 Å². The molecule has 3 rings (SSSR count). The number of oxime groups is 1. The Morgan fingerprint density at radius 2 is 1.93 bits per heavy atom. The summed E-state index contributed by atoms with van der Waals surface area (Å²) in [6.45, 7) is 4.53. The number of methoxy groups -OCH3 is 1. The Bertz CT molecular complexity index is 840. The molecule has 150 valence electrons. The van der Waals surface area contributed by atoms with Gasteiger partial charge in [-0.2, -0.15) is 0 Å². The van der Waals surface area contributed by atoms with Crippen molar-refractivity contribution < 1.29 is 18.7 Å². The molecule has 2 atom stereocenters. The summed E-state index contributed by atoms with van der Waals surface area (Å²) < 4.78 is 26.0. The third-order valence-corrected chi connectivity index (χ3v) is 6.03. The fraction of sp³-hybridized carbons (Fsp3) is 0.409. The van der Waals surface area contributed by atoms with Crippen molar-refractivity contribution in [1.82, 2.24) is 0 Å². The van der Waals surface area contributed by atoms with Crippen LogP contribution in [-0.4, -0.2) is 32.6 Å². The first-order valence-corrected chi connectivity index (χ1v) is 10.1. The molecule has 1 fully saturated rings. The molecule has 1 aliphatic heterocycles. The van der Waals surface area contributed by atoms with Gasteiger partial charge in [0.25, 0.3) is 0 Å². The summed E-state index contributed by atoms with van der Waals surface area (Å²) in [6.07, 6.45) is 1.51. The molecular formula is C22H26FNO3S. The second-order valence-electron chi connectivity index (χ2n) is 7.00. The second kappa shape index (κ2) is 9.07. The monoisotopic (exact) mass is 403 g/mol. The molecule has 0 aliphatic carbocycles. The van der Waals surface area contributed by atoms with E-state index < -0.39 is 5.60 Å². The molecule has 6 heteroatoms. The summed E-state index contributed by atoms with van der Waals surface area (Å²) in [7, 11) is 3.22. The molecule has 1 heterocycles. The SMILES string of the molecule is CO/N=C(/C)c1ccc(Sc2cc(F)cc([C@@]3(OC)CCO[C@@H](C)C3)c2)cc1. The summed E-state index contributed by atoms with van der Waals surface area (Å²) >= 11 is 1.53. The number of hydrogen-bond acceptors (Lipinski definition) is 5. The van der Waals surface area contributed by atoms with Crippen LogP contribution in [0, 0.1) is 5.82 Å². The van der Waals surface area contributed by atoms with E-state index >= 15 is 0 Å². The normalized spacial score (nSPS) is 22.9. The molecule has 0 amide bonds. The van der Waals surface area contributed by atoms with Gasteiger partial charge in [-0.15, -0.1) is 0 Å². The molecule has 0 N–H and O–H groups in total. The van der Waals surface area contributed by atoms with Crippen molar-refractivity contribution in [3.8, 4) is 0 Å². The molecule has 2 aromatic carbocycles. The molecule has 0 bridgehead atoms. The van der Waals surface area contributed by atoms with Gasteiger partial charge in [-0.1, -0.05) is 29.1 Å². The lowest BCUT2D eigenvalue weighted by Gasteiger charge is -2.39. The van der Waals surface area contributed by atoms with Crippen LogP contribution in [0.3, 0.4) is 0 Å². The van der Waals surface area contributed by atoms with Gasteiger partial charge in [0.1, 0.15) is 12.9 Å². The Labute approximate surface area is 170 Å². The molecular weight excluding hydrogens is 377 g/mol. The predicted molar refractivity (Wildman–Crippen MR) is 110 cm³/mol. The molecule has 2 aromatic rings. The number of nitrogens with zero attached hydrogens (tertiary/aromatic N) is 1. The maximum Gasteiger partial charge on any atom is 0.124 e. The second-order valence-corrected chi connectivity index (χ2v) is 8.14. The van der Waals surface area contributed by atoms with Crippen LogP contribution < -0.4 is 0 Å². The van der Waals surface area contributed by atoms with E-state index in [1.165, 1.54) is 18.9 Å². The fourth-order valence-corrected chi connectivity index (χ4v) is 4.49. The van der Waals surface area contributed by atoms with Gasteiger partial charge in [-0.25, -0.2) is 4.39 Å². The molecule has 0 aromatic heterocycles. The lowest BCUT2D eigenvalue weighted by molar-refractivity contribution is -0.122. The smallest absolute Gasteiger partial charge is 0.124 e.